The largest absolute Gasteiger partial charge is 0.311 e. The monoisotopic (exact) mass is 413 g/mol. The fraction of sp³-hybridized carbons (Fsp3) is 0.417. The Labute approximate surface area is 136 Å². The fourth-order valence-corrected chi connectivity index (χ4v) is 4.52. The van der Waals surface area contributed by atoms with Gasteiger partial charge in [-0.3, -0.25) is 4.79 Å². The van der Waals surface area contributed by atoms with Gasteiger partial charge in [0.25, 0.3) is 0 Å². The van der Waals surface area contributed by atoms with Crippen LogP contribution in [0.1, 0.15) is 6.42 Å². The number of benzene rings is 1. The van der Waals surface area contributed by atoms with E-state index in [1.165, 1.54) is 23.1 Å². The first-order chi connectivity index (χ1) is 9.97. The lowest BCUT2D eigenvalue weighted by atomic mass is 10.1. The van der Waals surface area contributed by atoms with E-state index in [4.69, 9.17) is 0 Å². The minimum Gasteiger partial charge on any atom is -0.311 e. The Morgan fingerprint density at radius 2 is 1.95 bits per heavy atom. The lowest BCUT2D eigenvalue weighted by molar-refractivity contribution is -0.117. The number of halogens is 2. The Morgan fingerprint density at radius 1 is 1.32 bits per heavy atom. The molecule has 0 bridgehead atoms. The third kappa shape index (κ3) is 4.05. The molecule has 1 unspecified atom stereocenters. The number of rotatable bonds is 4. The highest BCUT2D eigenvalue weighted by molar-refractivity contribution is 9.10. The lowest BCUT2D eigenvalue weighted by Crippen LogP contribution is -2.25. The van der Waals surface area contributed by atoms with E-state index >= 15 is 0 Å². The van der Waals surface area contributed by atoms with Gasteiger partial charge in [0.2, 0.25) is 5.91 Å². The smallest absolute Gasteiger partial charge is 0.302 e. The quantitative estimate of drug-likeness (QED) is 0.697. The molecule has 1 atom stereocenters. The Hall–Kier alpha value is -1.00. The van der Waals surface area contributed by atoms with Crippen LogP contribution in [0.4, 0.5) is 9.57 Å². The number of nitrogens with zero attached hydrogens (tertiary/aromatic N) is 1. The summed E-state index contributed by atoms with van der Waals surface area (Å²) >= 11 is 3.21. The molecule has 1 fully saturated rings. The van der Waals surface area contributed by atoms with Gasteiger partial charge in [0.05, 0.1) is 16.3 Å². The van der Waals surface area contributed by atoms with Crippen molar-refractivity contribution < 1.29 is 25.5 Å². The number of sulfone groups is 1. The van der Waals surface area contributed by atoms with Crippen molar-refractivity contribution in [2.45, 2.75) is 11.3 Å². The first-order valence-electron chi connectivity index (χ1n) is 6.19. The van der Waals surface area contributed by atoms with Crippen molar-refractivity contribution in [3.63, 3.8) is 0 Å². The average molecular weight is 414 g/mol. The molecule has 1 aliphatic rings. The van der Waals surface area contributed by atoms with Crippen LogP contribution in [0.25, 0.3) is 0 Å². The van der Waals surface area contributed by atoms with E-state index in [0.29, 0.717) is 10.2 Å². The van der Waals surface area contributed by atoms with Gasteiger partial charge in [0.1, 0.15) is 0 Å². The summed E-state index contributed by atoms with van der Waals surface area (Å²) in [5, 5.41) is 0. The van der Waals surface area contributed by atoms with Crippen molar-refractivity contribution in [1.82, 2.24) is 0 Å². The number of hydrogen-bond donors (Lipinski definition) is 0. The molecule has 1 aliphatic heterocycles. The van der Waals surface area contributed by atoms with Crippen LogP contribution in [0.3, 0.4) is 0 Å². The summed E-state index contributed by atoms with van der Waals surface area (Å²) in [5.74, 6) is -1.65. The van der Waals surface area contributed by atoms with Gasteiger partial charge in [-0.25, -0.2) is 8.42 Å². The van der Waals surface area contributed by atoms with Gasteiger partial charge in [-0.15, -0.1) is 3.89 Å². The molecule has 10 heteroatoms. The van der Waals surface area contributed by atoms with Gasteiger partial charge in [0.15, 0.2) is 9.84 Å². The summed E-state index contributed by atoms with van der Waals surface area (Å²) in [4.78, 5) is 13.4. The highest BCUT2D eigenvalue weighted by atomic mass is 79.9. The maximum Gasteiger partial charge on any atom is 0.302 e. The second-order valence-corrected chi connectivity index (χ2v) is 9.45. The van der Waals surface area contributed by atoms with Crippen molar-refractivity contribution in [1.29, 1.82) is 0 Å². The van der Waals surface area contributed by atoms with Crippen molar-refractivity contribution >= 4 is 47.6 Å². The summed E-state index contributed by atoms with van der Waals surface area (Å²) in [5.41, 5.74) is 0.427. The predicted octanol–water partition coefficient (Wildman–Crippen LogP) is 1.50. The summed E-state index contributed by atoms with van der Waals surface area (Å²) in [6.07, 6.45) is 1.00. The molecule has 1 saturated heterocycles. The van der Waals surface area contributed by atoms with E-state index in [1.807, 2.05) is 0 Å². The zero-order chi connectivity index (χ0) is 16.7. The molecule has 1 heterocycles. The fourth-order valence-electron chi connectivity index (χ4n) is 2.34. The van der Waals surface area contributed by atoms with Gasteiger partial charge < -0.3 is 4.90 Å². The highest BCUT2D eigenvalue weighted by Crippen LogP contribution is 2.33. The van der Waals surface area contributed by atoms with Crippen molar-refractivity contribution in [2.24, 2.45) is 5.92 Å². The van der Waals surface area contributed by atoms with E-state index in [9.17, 15) is 25.5 Å². The first-order valence-corrected chi connectivity index (χ1v) is 10.4. The van der Waals surface area contributed by atoms with Crippen molar-refractivity contribution in [3.05, 3.63) is 22.7 Å². The minimum absolute atomic E-state index is 0.0661. The van der Waals surface area contributed by atoms with Gasteiger partial charge >= 0.3 is 10.2 Å². The first kappa shape index (κ1) is 17.4. The summed E-state index contributed by atoms with van der Waals surface area (Å²) in [6.45, 7) is 0.0683. The Kier molecular flexibility index (Phi) is 4.65. The molecule has 0 aromatic heterocycles. The van der Waals surface area contributed by atoms with Crippen LogP contribution >= 0.6 is 15.9 Å². The third-order valence-corrected chi connectivity index (χ3v) is 5.89. The van der Waals surface area contributed by atoms with Crippen LogP contribution < -0.4 is 4.90 Å². The van der Waals surface area contributed by atoms with Crippen molar-refractivity contribution in [3.8, 4) is 0 Å². The molecule has 2 rings (SSSR count). The van der Waals surface area contributed by atoms with E-state index in [1.54, 1.807) is 0 Å². The van der Waals surface area contributed by atoms with Crippen LogP contribution in [0.15, 0.2) is 27.6 Å². The summed E-state index contributed by atoms with van der Waals surface area (Å²) < 4.78 is 57.5. The molecule has 22 heavy (non-hydrogen) atoms. The van der Waals surface area contributed by atoms with Crippen LogP contribution in [0, 0.1) is 5.92 Å². The maximum atomic E-state index is 12.7. The van der Waals surface area contributed by atoms with Gasteiger partial charge in [-0.1, -0.05) is 0 Å². The van der Waals surface area contributed by atoms with Gasteiger partial charge in [-0.05, 0) is 34.1 Å². The van der Waals surface area contributed by atoms with Crippen LogP contribution in [0.5, 0.6) is 0 Å². The molecule has 0 radical (unpaired) electrons. The SMILES string of the molecule is CS(=O)(=O)c1ccc(N2CC(CS(=O)(=O)F)CC2=O)c(Br)c1. The molecule has 122 valence electrons. The number of anilines is 1. The Balaban J connectivity index is 2.28. The maximum absolute atomic E-state index is 12.7. The number of amides is 1. The topological polar surface area (TPSA) is 88.6 Å². The molecule has 1 amide bonds. The molecule has 6 nitrogen and oxygen atoms in total. The second-order valence-electron chi connectivity index (χ2n) is 5.17. The zero-order valence-electron chi connectivity index (χ0n) is 11.5. The average Bonchev–Trinajstić information content (AvgIpc) is 2.66. The van der Waals surface area contributed by atoms with Crippen LogP contribution in [0.2, 0.25) is 0 Å². The number of carbonyl (C=O) groups is 1. The Morgan fingerprint density at radius 3 is 2.45 bits per heavy atom. The highest BCUT2D eigenvalue weighted by Gasteiger charge is 2.34. The predicted molar refractivity (Wildman–Crippen MR) is 82.6 cm³/mol. The van der Waals surface area contributed by atoms with E-state index in [0.717, 1.165) is 6.26 Å². The number of carbonyl (C=O) groups excluding carboxylic acids is 1. The van der Waals surface area contributed by atoms with Gasteiger partial charge in [0, 0.05) is 29.6 Å². The van der Waals surface area contributed by atoms with Gasteiger partial charge in [-0.2, -0.15) is 8.42 Å². The molecule has 0 spiro atoms. The molecule has 1 aromatic carbocycles. The zero-order valence-corrected chi connectivity index (χ0v) is 14.7. The summed E-state index contributed by atoms with van der Waals surface area (Å²) in [7, 11) is -8.02. The normalized spacial score (nSPS) is 19.7. The number of hydrogen-bond acceptors (Lipinski definition) is 5. The van der Waals surface area contributed by atoms with Crippen LogP contribution in [-0.4, -0.2) is 41.3 Å². The Bertz CT molecular complexity index is 822. The standard InChI is InChI=1S/C12H13BrFNO5S2/c1-21(17,18)9-2-3-11(10(13)5-9)15-6-8(4-12(15)16)7-22(14,19)20/h2-3,5,8H,4,6-7H2,1H3. The molecular weight excluding hydrogens is 401 g/mol. The molecule has 0 aliphatic carbocycles. The minimum atomic E-state index is -4.64. The van der Waals surface area contributed by atoms with Crippen LogP contribution in [-0.2, 0) is 24.9 Å². The lowest BCUT2D eigenvalue weighted by Gasteiger charge is -2.18. The molecule has 1 aromatic rings. The van der Waals surface area contributed by atoms with E-state index in [-0.39, 0.29) is 23.8 Å². The van der Waals surface area contributed by atoms with E-state index in [2.05, 4.69) is 15.9 Å². The van der Waals surface area contributed by atoms with E-state index < -0.39 is 31.7 Å². The summed E-state index contributed by atoms with van der Waals surface area (Å²) in [6, 6.07) is 4.20. The molecule has 0 N–H and O–H groups in total. The third-order valence-electron chi connectivity index (χ3n) is 3.28. The molecule has 0 saturated carbocycles. The molecular formula is C12H13BrFNO5S2. The van der Waals surface area contributed by atoms with Crippen molar-refractivity contribution in [2.75, 3.05) is 23.5 Å². The second kappa shape index (κ2) is 5.89.